The summed E-state index contributed by atoms with van der Waals surface area (Å²) < 4.78 is 53.1. The molecule has 0 radical (unpaired) electrons. The first-order valence-corrected chi connectivity index (χ1v) is 8.75. The monoisotopic (exact) mass is 408 g/mol. The van der Waals surface area contributed by atoms with Crippen molar-refractivity contribution in [1.29, 1.82) is 0 Å². The van der Waals surface area contributed by atoms with E-state index in [0.717, 1.165) is 0 Å². The third kappa shape index (κ3) is 3.55. The van der Waals surface area contributed by atoms with E-state index >= 15 is 0 Å². The Balaban J connectivity index is 1.79. The molecule has 0 bridgehead atoms. The van der Waals surface area contributed by atoms with Gasteiger partial charge < -0.3 is 15.5 Å². The molecule has 3 N–H and O–H groups in total. The summed E-state index contributed by atoms with van der Waals surface area (Å²) in [5.41, 5.74) is -2.19. The normalized spacial score (nSPS) is 21.8. The first-order valence-electron chi connectivity index (χ1n) is 8.75. The van der Waals surface area contributed by atoms with Gasteiger partial charge in [-0.2, -0.15) is 13.2 Å². The molecule has 152 valence electrons. The molecule has 0 atom stereocenters. The molecule has 0 amide bonds. The van der Waals surface area contributed by atoms with Crippen molar-refractivity contribution in [3.05, 3.63) is 41.8 Å². The van der Waals surface area contributed by atoms with Crippen LogP contribution in [0, 0.1) is 5.82 Å². The van der Waals surface area contributed by atoms with Crippen LogP contribution in [0.25, 0.3) is 22.2 Å². The molecule has 0 spiro atoms. The highest BCUT2D eigenvalue weighted by molar-refractivity contribution is 6.00. The van der Waals surface area contributed by atoms with Gasteiger partial charge in [0.05, 0.1) is 16.6 Å². The zero-order chi connectivity index (χ0) is 21.0. The minimum Gasteiger partial charge on any atom is -0.506 e. The van der Waals surface area contributed by atoms with Crippen molar-refractivity contribution >= 4 is 16.6 Å². The number of alkyl halides is 3. The SMILES string of the molecule is CC1(O)CC(Nc2nnc(-c3ncc(C(F)(F)F)cc3O)c3cccc(F)c23)C1. The lowest BCUT2D eigenvalue weighted by atomic mass is 9.77. The second-order valence-electron chi connectivity index (χ2n) is 7.40. The highest BCUT2D eigenvalue weighted by Gasteiger charge is 2.39. The number of aliphatic hydroxyl groups is 1. The van der Waals surface area contributed by atoms with Gasteiger partial charge >= 0.3 is 6.18 Å². The van der Waals surface area contributed by atoms with Gasteiger partial charge in [-0.3, -0.25) is 0 Å². The largest absolute Gasteiger partial charge is 0.506 e. The van der Waals surface area contributed by atoms with Crippen LogP contribution in [0.3, 0.4) is 0 Å². The first kappa shape index (κ1) is 19.3. The fraction of sp³-hybridized carbons (Fsp3) is 0.316. The molecule has 10 heteroatoms. The van der Waals surface area contributed by atoms with Crippen LogP contribution in [-0.4, -0.2) is 37.0 Å². The van der Waals surface area contributed by atoms with Crippen molar-refractivity contribution in [3.8, 4) is 17.1 Å². The number of benzene rings is 1. The summed E-state index contributed by atoms with van der Waals surface area (Å²) in [6, 6.07) is 4.57. The maximum Gasteiger partial charge on any atom is 0.418 e. The summed E-state index contributed by atoms with van der Waals surface area (Å²) in [4.78, 5) is 3.68. The van der Waals surface area contributed by atoms with Crippen LogP contribution in [0.5, 0.6) is 5.75 Å². The van der Waals surface area contributed by atoms with E-state index in [1.165, 1.54) is 18.2 Å². The lowest BCUT2D eigenvalue weighted by Gasteiger charge is -2.41. The van der Waals surface area contributed by atoms with Crippen LogP contribution < -0.4 is 5.32 Å². The molecule has 0 saturated heterocycles. The number of nitrogens with zero attached hydrogens (tertiary/aromatic N) is 3. The molecule has 1 aliphatic carbocycles. The summed E-state index contributed by atoms with van der Waals surface area (Å²) >= 11 is 0. The van der Waals surface area contributed by atoms with Gasteiger partial charge in [-0.25, -0.2) is 9.37 Å². The van der Waals surface area contributed by atoms with Crippen LogP contribution in [-0.2, 0) is 6.18 Å². The van der Waals surface area contributed by atoms with E-state index in [9.17, 15) is 27.8 Å². The number of aromatic hydroxyl groups is 1. The van der Waals surface area contributed by atoms with Gasteiger partial charge in [0, 0.05) is 17.6 Å². The summed E-state index contributed by atoms with van der Waals surface area (Å²) in [6.45, 7) is 1.69. The Morgan fingerprint density at radius 2 is 1.90 bits per heavy atom. The number of aromatic nitrogens is 3. The van der Waals surface area contributed by atoms with Crippen molar-refractivity contribution < 1.29 is 27.8 Å². The Morgan fingerprint density at radius 1 is 1.17 bits per heavy atom. The third-order valence-corrected chi connectivity index (χ3v) is 4.89. The van der Waals surface area contributed by atoms with Crippen molar-refractivity contribution in [2.24, 2.45) is 0 Å². The standard InChI is InChI=1S/C19H16F4N4O2/c1-18(29)6-10(7-18)25-17-14-11(3-2-4-12(14)20)15(26-27-17)16-13(28)5-9(8-24-16)19(21,22)23/h2-5,8,10,28-29H,6-7H2,1H3,(H,25,27). The Bertz CT molecular complexity index is 1090. The number of anilines is 1. The van der Waals surface area contributed by atoms with Crippen molar-refractivity contribution in [3.63, 3.8) is 0 Å². The Labute approximate surface area is 162 Å². The van der Waals surface area contributed by atoms with Crippen molar-refractivity contribution in [2.45, 2.75) is 37.6 Å². The fourth-order valence-corrected chi connectivity index (χ4v) is 3.53. The van der Waals surface area contributed by atoms with E-state index < -0.39 is 28.9 Å². The Kier molecular flexibility index (Phi) is 4.34. The number of halogens is 4. The summed E-state index contributed by atoms with van der Waals surface area (Å²) in [7, 11) is 0. The van der Waals surface area contributed by atoms with Crippen molar-refractivity contribution in [2.75, 3.05) is 5.32 Å². The zero-order valence-corrected chi connectivity index (χ0v) is 15.1. The van der Waals surface area contributed by atoms with Crippen LogP contribution >= 0.6 is 0 Å². The van der Waals surface area contributed by atoms with Gasteiger partial charge in [-0.1, -0.05) is 12.1 Å². The molecule has 1 fully saturated rings. The Hall–Kier alpha value is -3.01. The maximum absolute atomic E-state index is 14.6. The van der Waals surface area contributed by atoms with E-state index in [1.807, 2.05) is 0 Å². The summed E-state index contributed by atoms with van der Waals surface area (Å²) in [5.74, 6) is -1.21. The van der Waals surface area contributed by atoms with Gasteiger partial charge in [0.15, 0.2) is 5.82 Å². The van der Waals surface area contributed by atoms with E-state index in [-0.39, 0.29) is 34.0 Å². The Morgan fingerprint density at radius 3 is 2.52 bits per heavy atom. The predicted octanol–water partition coefficient (Wildman–Crippen LogP) is 3.88. The molecule has 0 unspecified atom stereocenters. The van der Waals surface area contributed by atoms with E-state index in [4.69, 9.17) is 0 Å². The van der Waals surface area contributed by atoms with Crippen LogP contribution in [0.15, 0.2) is 30.5 Å². The van der Waals surface area contributed by atoms with E-state index in [2.05, 4.69) is 20.5 Å². The lowest BCUT2D eigenvalue weighted by molar-refractivity contribution is -0.137. The summed E-state index contributed by atoms with van der Waals surface area (Å²) in [5, 5.41) is 31.2. The zero-order valence-electron chi connectivity index (χ0n) is 15.1. The number of fused-ring (bicyclic) bond motifs is 1. The maximum atomic E-state index is 14.6. The number of nitrogens with one attached hydrogen (secondary N) is 1. The molecule has 0 aliphatic heterocycles. The molecule has 1 aliphatic rings. The number of rotatable bonds is 3. The number of hydrogen-bond donors (Lipinski definition) is 3. The minimum atomic E-state index is -4.67. The molecule has 1 saturated carbocycles. The van der Waals surface area contributed by atoms with Gasteiger partial charge in [0.25, 0.3) is 0 Å². The van der Waals surface area contributed by atoms with Gasteiger partial charge in [-0.15, -0.1) is 10.2 Å². The minimum absolute atomic E-state index is 0.0446. The first-order chi connectivity index (χ1) is 13.5. The molecular formula is C19H16F4N4O2. The summed E-state index contributed by atoms with van der Waals surface area (Å²) in [6.07, 6.45) is -3.19. The van der Waals surface area contributed by atoms with Crippen LogP contribution in [0.2, 0.25) is 0 Å². The van der Waals surface area contributed by atoms with Gasteiger partial charge in [0.2, 0.25) is 0 Å². The lowest BCUT2D eigenvalue weighted by Crippen LogP contribution is -2.48. The molecule has 2 aromatic heterocycles. The molecular weight excluding hydrogens is 392 g/mol. The number of hydrogen-bond acceptors (Lipinski definition) is 6. The average Bonchev–Trinajstić information content (AvgIpc) is 2.60. The van der Waals surface area contributed by atoms with Crippen LogP contribution in [0.1, 0.15) is 25.3 Å². The van der Waals surface area contributed by atoms with Crippen LogP contribution in [0.4, 0.5) is 23.4 Å². The fourth-order valence-electron chi connectivity index (χ4n) is 3.53. The predicted molar refractivity (Wildman–Crippen MR) is 96.7 cm³/mol. The topological polar surface area (TPSA) is 91.2 Å². The van der Waals surface area contributed by atoms with Crippen molar-refractivity contribution in [1.82, 2.24) is 15.2 Å². The van der Waals surface area contributed by atoms with Gasteiger partial charge in [-0.05, 0) is 31.9 Å². The number of pyridine rings is 1. The molecule has 1 aromatic carbocycles. The van der Waals surface area contributed by atoms with E-state index in [0.29, 0.717) is 25.1 Å². The second-order valence-corrected chi connectivity index (χ2v) is 7.40. The second kappa shape index (κ2) is 6.51. The highest BCUT2D eigenvalue weighted by atomic mass is 19.4. The highest BCUT2D eigenvalue weighted by Crippen LogP contribution is 2.39. The molecule has 29 heavy (non-hydrogen) atoms. The quantitative estimate of drug-likeness (QED) is 0.570. The molecule has 2 heterocycles. The third-order valence-electron chi connectivity index (χ3n) is 4.89. The average molecular weight is 408 g/mol. The molecule has 6 nitrogen and oxygen atoms in total. The molecule has 4 rings (SSSR count). The smallest absolute Gasteiger partial charge is 0.418 e. The van der Waals surface area contributed by atoms with Gasteiger partial charge in [0.1, 0.15) is 23.0 Å². The van der Waals surface area contributed by atoms with E-state index in [1.54, 1.807) is 6.92 Å². The molecule has 3 aromatic rings.